The zero-order valence-corrected chi connectivity index (χ0v) is 14.6. The molecule has 3 atom stereocenters. The fraction of sp³-hybridized carbons (Fsp3) is 0.941. The average Bonchev–Trinajstić information content (AvgIpc) is 2.92. The monoisotopic (exact) mass is 312 g/mol. The second-order valence-corrected chi connectivity index (χ2v) is 7.71. The van der Waals surface area contributed by atoms with Gasteiger partial charge in [0.25, 0.3) is 0 Å². The Bertz CT molecular complexity index is 367. The fourth-order valence-electron chi connectivity index (χ4n) is 3.40. The van der Waals surface area contributed by atoms with Crippen molar-refractivity contribution in [3.63, 3.8) is 0 Å². The first-order chi connectivity index (χ1) is 10.4. The van der Waals surface area contributed by atoms with Crippen molar-refractivity contribution in [1.29, 1.82) is 0 Å². The van der Waals surface area contributed by atoms with E-state index in [1.54, 1.807) is 7.11 Å². The van der Waals surface area contributed by atoms with E-state index in [0.717, 1.165) is 38.9 Å². The number of hydrogen-bond donors (Lipinski definition) is 1. The summed E-state index contributed by atoms with van der Waals surface area (Å²) in [4.78, 5) is 14.0. The normalized spacial score (nSPS) is 29.6. The van der Waals surface area contributed by atoms with Crippen molar-refractivity contribution in [1.82, 2.24) is 10.2 Å². The van der Waals surface area contributed by atoms with Gasteiger partial charge in [0.15, 0.2) is 0 Å². The summed E-state index contributed by atoms with van der Waals surface area (Å²) in [5.41, 5.74) is -0.415. The third-order valence-electron chi connectivity index (χ3n) is 4.58. The highest BCUT2D eigenvalue weighted by atomic mass is 16.6. The summed E-state index contributed by atoms with van der Waals surface area (Å²) in [5, 5.41) is 3.66. The summed E-state index contributed by atoms with van der Waals surface area (Å²) < 4.78 is 10.9. The lowest BCUT2D eigenvalue weighted by atomic mass is 9.98. The second kappa shape index (κ2) is 7.64. The third-order valence-corrected chi connectivity index (χ3v) is 4.58. The Hall–Kier alpha value is -0.810. The lowest BCUT2D eigenvalue weighted by Gasteiger charge is -2.34. The number of nitrogens with zero attached hydrogens (tertiary/aromatic N) is 1. The van der Waals surface area contributed by atoms with Crippen LogP contribution in [-0.2, 0) is 9.47 Å². The van der Waals surface area contributed by atoms with E-state index >= 15 is 0 Å². The molecule has 2 rings (SSSR count). The maximum atomic E-state index is 12.2. The van der Waals surface area contributed by atoms with Gasteiger partial charge in [0, 0.05) is 26.2 Å². The molecule has 1 heterocycles. The van der Waals surface area contributed by atoms with Crippen LogP contribution in [0.1, 0.15) is 52.9 Å². The smallest absolute Gasteiger partial charge is 0.410 e. The third kappa shape index (κ3) is 5.43. The maximum Gasteiger partial charge on any atom is 0.410 e. The molecule has 0 aromatic carbocycles. The van der Waals surface area contributed by atoms with Crippen molar-refractivity contribution in [2.24, 2.45) is 5.92 Å². The molecule has 0 radical (unpaired) electrons. The minimum absolute atomic E-state index is 0.169. The number of rotatable bonds is 4. The number of likely N-dealkylation sites (tertiary alicyclic amines) is 1. The molecule has 0 aromatic heterocycles. The van der Waals surface area contributed by atoms with E-state index in [4.69, 9.17) is 9.47 Å². The molecule has 0 aromatic rings. The van der Waals surface area contributed by atoms with Gasteiger partial charge in [0.05, 0.1) is 6.10 Å². The quantitative estimate of drug-likeness (QED) is 0.867. The molecule has 1 saturated carbocycles. The zero-order chi connectivity index (χ0) is 16.2. The van der Waals surface area contributed by atoms with Gasteiger partial charge >= 0.3 is 6.09 Å². The predicted molar refractivity (Wildman–Crippen MR) is 87.0 cm³/mol. The number of piperidine rings is 1. The van der Waals surface area contributed by atoms with Crippen molar-refractivity contribution < 1.29 is 14.3 Å². The van der Waals surface area contributed by atoms with Crippen LogP contribution in [0.25, 0.3) is 0 Å². The Balaban J connectivity index is 1.73. The topological polar surface area (TPSA) is 50.8 Å². The van der Waals surface area contributed by atoms with Crippen LogP contribution in [-0.4, -0.2) is 55.5 Å². The summed E-state index contributed by atoms with van der Waals surface area (Å²) in [5.74, 6) is 0.530. The van der Waals surface area contributed by atoms with Crippen molar-refractivity contribution in [3.05, 3.63) is 0 Å². The first kappa shape index (κ1) is 17.5. The molecule has 5 nitrogen and oxygen atoms in total. The average molecular weight is 312 g/mol. The number of hydrogen-bond acceptors (Lipinski definition) is 4. The van der Waals surface area contributed by atoms with Crippen LogP contribution in [0.2, 0.25) is 0 Å². The minimum Gasteiger partial charge on any atom is -0.444 e. The molecule has 3 unspecified atom stereocenters. The largest absolute Gasteiger partial charge is 0.444 e. The van der Waals surface area contributed by atoms with Crippen molar-refractivity contribution in [3.8, 4) is 0 Å². The van der Waals surface area contributed by atoms with Crippen molar-refractivity contribution >= 4 is 6.09 Å². The van der Waals surface area contributed by atoms with E-state index in [-0.39, 0.29) is 6.09 Å². The van der Waals surface area contributed by atoms with E-state index in [1.807, 2.05) is 25.7 Å². The molecular weight excluding hydrogens is 280 g/mol. The molecule has 128 valence electrons. The summed E-state index contributed by atoms with van der Waals surface area (Å²) >= 11 is 0. The lowest BCUT2D eigenvalue weighted by Crippen LogP contribution is -2.45. The van der Waals surface area contributed by atoms with Gasteiger partial charge in [-0.1, -0.05) is 0 Å². The molecule has 1 N–H and O–H groups in total. The van der Waals surface area contributed by atoms with Gasteiger partial charge in [-0.05, 0) is 65.3 Å². The van der Waals surface area contributed by atoms with Crippen LogP contribution in [0.15, 0.2) is 0 Å². The Labute approximate surface area is 134 Å². The van der Waals surface area contributed by atoms with Crippen LogP contribution in [0.5, 0.6) is 0 Å². The van der Waals surface area contributed by atoms with Gasteiger partial charge < -0.3 is 19.7 Å². The molecule has 1 aliphatic carbocycles. The van der Waals surface area contributed by atoms with E-state index in [0.29, 0.717) is 18.1 Å². The zero-order valence-electron chi connectivity index (χ0n) is 14.6. The van der Waals surface area contributed by atoms with Gasteiger partial charge in [-0.3, -0.25) is 0 Å². The van der Waals surface area contributed by atoms with Gasteiger partial charge in [-0.15, -0.1) is 0 Å². The van der Waals surface area contributed by atoms with E-state index in [9.17, 15) is 4.79 Å². The SMILES string of the molecule is COC1CCC(NCC2CCCN(C(=O)OC(C)(C)C)C2)C1. The number of ether oxygens (including phenoxy) is 2. The molecule has 1 saturated heterocycles. The number of amides is 1. The molecule has 5 heteroatoms. The number of methoxy groups -OCH3 is 1. The summed E-state index contributed by atoms with van der Waals surface area (Å²) in [6.07, 6.45) is 5.96. The van der Waals surface area contributed by atoms with Crippen LogP contribution >= 0.6 is 0 Å². The Kier molecular flexibility index (Phi) is 6.09. The number of carbonyl (C=O) groups is 1. The molecule has 2 fully saturated rings. The van der Waals surface area contributed by atoms with Gasteiger partial charge in [0.2, 0.25) is 0 Å². The van der Waals surface area contributed by atoms with Gasteiger partial charge in [0.1, 0.15) is 5.60 Å². The Morgan fingerprint density at radius 3 is 2.68 bits per heavy atom. The molecule has 2 aliphatic rings. The summed E-state index contributed by atoms with van der Waals surface area (Å²) in [6, 6.07) is 0.571. The highest BCUT2D eigenvalue weighted by molar-refractivity contribution is 5.68. The first-order valence-electron chi connectivity index (χ1n) is 8.61. The Morgan fingerprint density at radius 1 is 1.27 bits per heavy atom. The van der Waals surface area contributed by atoms with Crippen LogP contribution in [0.4, 0.5) is 4.79 Å². The first-order valence-corrected chi connectivity index (χ1v) is 8.61. The molecule has 1 aliphatic heterocycles. The standard InChI is InChI=1S/C17H32N2O3/c1-17(2,3)22-16(20)19-9-5-6-13(12-19)11-18-14-7-8-15(10-14)21-4/h13-15,18H,5-12H2,1-4H3. The molecule has 0 spiro atoms. The number of nitrogens with one attached hydrogen (secondary N) is 1. The van der Waals surface area contributed by atoms with Crippen LogP contribution in [0, 0.1) is 5.92 Å². The van der Waals surface area contributed by atoms with Crippen LogP contribution in [0.3, 0.4) is 0 Å². The molecule has 0 bridgehead atoms. The van der Waals surface area contributed by atoms with Crippen molar-refractivity contribution in [2.45, 2.75) is 70.6 Å². The fourth-order valence-corrected chi connectivity index (χ4v) is 3.40. The summed E-state index contributed by atoms with van der Waals surface area (Å²) in [7, 11) is 1.80. The van der Waals surface area contributed by atoms with Crippen LogP contribution < -0.4 is 5.32 Å². The molecular formula is C17H32N2O3. The lowest BCUT2D eigenvalue weighted by molar-refractivity contribution is 0.0165. The number of carbonyl (C=O) groups excluding carboxylic acids is 1. The van der Waals surface area contributed by atoms with E-state index < -0.39 is 5.60 Å². The van der Waals surface area contributed by atoms with Gasteiger partial charge in [-0.25, -0.2) is 4.79 Å². The Morgan fingerprint density at radius 2 is 2.05 bits per heavy atom. The molecule has 22 heavy (non-hydrogen) atoms. The van der Waals surface area contributed by atoms with Gasteiger partial charge in [-0.2, -0.15) is 0 Å². The highest BCUT2D eigenvalue weighted by Crippen LogP contribution is 2.23. The van der Waals surface area contributed by atoms with E-state index in [1.165, 1.54) is 12.8 Å². The predicted octanol–water partition coefficient (Wildman–Crippen LogP) is 2.79. The maximum absolute atomic E-state index is 12.2. The highest BCUT2D eigenvalue weighted by Gasteiger charge is 2.29. The van der Waals surface area contributed by atoms with Crippen molar-refractivity contribution in [2.75, 3.05) is 26.7 Å². The minimum atomic E-state index is -0.415. The molecule has 1 amide bonds. The second-order valence-electron chi connectivity index (χ2n) is 7.71. The summed E-state index contributed by atoms with van der Waals surface area (Å²) in [6.45, 7) is 8.37. The van der Waals surface area contributed by atoms with E-state index in [2.05, 4.69) is 5.32 Å².